The molecule has 0 spiro atoms. The maximum atomic E-state index is 12.9. The highest BCUT2D eigenvalue weighted by atomic mass is 35.5. The average molecular weight is 429 g/mol. The van der Waals surface area contributed by atoms with Gasteiger partial charge in [-0.1, -0.05) is 17.7 Å². The van der Waals surface area contributed by atoms with Crippen LogP contribution in [-0.4, -0.2) is 23.9 Å². The topological polar surface area (TPSA) is 92.3 Å². The van der Waals surface area contributed by atoms with Crippen molar-refractivity contribution in [2.45, 2.75) is 16.0 Å². The molecular formula is C14H12ClF3N2O4S2. The summed E-state index contributed by atoms with van der Waals surface area (Å²) in [6.45, 7) is 0. The van der Waals surface area contributed by atoms with E-state index in [2.05, 4.69) is 0 Å². The van der Waals surface area contributed by atoms with Gasteiger partial charge in [0.25, 0.3) is 10.0 Å². The van der Waals surface area contributed by atoms with Crippen molar-refractivity contribution in [3.8, 4) is 0 Å². The van der Waals surface area contributed by atoms with Gasteiger partial charge in [0.1, 0.15) is 0 Å². The van der Waals surface area contributed by atoms with Crippen molar-refractivity contribution < 1.29 is 30.0 Å². The number of hydrogen-bond acceptors (Lipinski definition) is 4. The average Bonchev–Trinajstić information content (AvgIpc) is 2.55. The highest BCUT2D eigenvalue weighted by Crippen LogP contribution is 2.36. The van der Waals surface area contributed by atoms with Gasteiger partial charge in [-0.15, -0.1) is 0 Å². The number of benzene rings is 2. The number of alkyl halides is 3. The summed E-state index contributed by atoms with van der Waals surface area (Å²) in [5, 5.41) is -0.581. The molecule has 0 saturated heterocycles. The van der Waals surface area contributed by atoms with Gasteiger partial charge in [-0.25, -0.2) is 21.6 Å². The fourth-order valence-corrected chi connectivity index (χ4v) is 4.12. The molecular weight excluding hydrogens is 417 g/mol. The Bertz CT molecular complexity index is 1040. The smallest absolute Gasteiger partial charge is 0.280 e. The van der Waals surface area contributed by atoms with Crippen LogP contribution in [0.5, 0.6) is 0 Å². The highest BCUT2D eigenvalue weighted by molar-refractivity contribution is 7.93. The van der Waals surface area contributed by atoms with Gasteiger partial charge in [-0.3, -0.25) is 4.72 Å². The summed E-state index contributed by atoms with van der Waals surface area (Å²) in [5.74, 6) is 0. The molecule has 0 fully saturated rings. The Hall–Kier alpha value is -1.82. The van der Waals surface area contributed by atoms with Crippen LogP contribution in [0.4, 0.5) is 18.9 Å². The predicted octanol–water partition coefficient (Wildman–Crippen LogP) is 3.07. The Morgan fingerprint density at radius 3 is 2.04 bits per heavy atom. The van der Waals surface area contributed by atoms with E-state index in [0.717, 1.165) is 31.3 Å². The van der Waals surface area contributed by atoms with Gasteiger partial charge in [0.15, 0.2) is 0 Å². The largest absolute Gasteiger partial charge is 0.417 e. The van der Waals surface area contributed by atoms with Gasteiger partial charge in [-0.2, -0.15) is 13.2 Å². The van der Waals surface area contributed by atoms with Gasteiger partial charge in [0.2, 0.25) is 10.0 Å². The fourth-order valence-electron chi connectivity index (χ4n) is 1.95. The van der Waals surface area contributed by atoms with E-state index in [1.807, 2.05) is 9.44 Å². The molecule has 0 bridgehead atoms. The van der Waals surface area contributed by atoms with Crippen molar-refractivity contribution in [1.29, 1.82) is 0 Å². The van der Waals surface area contributed by atoms with Crippen molar-refractivity contribution in [3.63, 3.8) is 0 Å². The van der Waals surface area contributed by atoms with E-state index in [-0.39, 0.29) is 10.6 Å². The van der Waals surface area contributed by atoms with Crippen molar-refractivity contribution in [2.24, 2.45) is 0 Å². The van der Waals surface area contributed by atoms with E-state index >= 15 is 0 Å². The van der Waals surface area contributed by atoms with Crippen LogP contribution in [0, 0.1) is 0 Å². The molecule has 142 valence electrons. The van der Waals surface area contributed by atoms with Gasteiger partial charge in [-0.05, 0) is 43.4 Å². The molecule has 2 aromatic carbocycles. The van der Waals surface area contributed by atoms with Crippen LogP contribution in [0.2, 0.25) is 5.02 Å². The lowest BCUT2D eigenvalue weighted by molar-refractivity contribution is -0.137. The molecule has 0 aromatic heterocycles. The van der Waals surface area contributed by atoms with Crippen LogP contribution in [0.1, 0.15) is 5.56 Å². The van der Waals surface area contributed by atoms with Crippen LogP contribution in [0.15, 0.2) is 52.3 Å². The third-order valence-electron chi connectivity index (χ3n) is 3.22. The Morgan fingerprint density at radius 1 is 0.923 bits per heavy atom. The lowest BCUT2D eigenvalue weighted by Crippen LogP contribution is -2.20. The zero-order valence-corrected chi connectivity index (χ0v) is 15.4. The number of halogens is 4. The first-order chi connectivity index (χ1) is 11.9. The first-order valence-electron chi connectivity index (χ1n) is 6.80. The summed E-state index contributed by atoms with van der Waals surface area (Å²) in [6.07, 6.45) is -4.76. The minimum absolute atomic E-state index is 0.310. The molecule has 0 radical (unpaired) electrons. The van der Waals surface area contributed by atoms with Crippen LogP contribution >= 0.6 is 11.6 Å². The lowest BCUT2D eigenvalue weighted by Gasteiger charge is -2.13. The molecule has 26 heavy (non-hydrogen) atoms. The third kappa shape index (κ3) is 4.47. The maximum Gasteiger partial charge on any atom is 0.417 e. The van der Waals surface area contributed by atoms with E-state index in [9.17, 15) is 30.0 Å². The summed E-state index contributed by atoms with van der Waals surface area (Å²) in [4.78, 5) is -0.743. The van der Waals surface area contributed by atoms with Gasteiger partial charge in [0.05, 0.1) is 20.4 Å². The van der Waals surface area contributed by atoms with Crippen molar-refractivity contribution in [1.82, 2.24) is 4.72 Å². The SMILES string of the molecule is CNS(=O)(=O)c1cccc(S(=O)(=O)Nc2ccc(Cl)c(C(F)(F)F)c2)c1. The maximum absolute atomic E-state index is 12.9. The summed E-state index contributed by atoms with van der Waals surface area (Å²) in [6, 6.07) is 6.88. The third-order valence-corrected chi connectivity index (χ3v) is 6.34. The minimum atomic E-state index is -4.76. The van der Waals surface area contributed by atoms with E-state index < -0.39 is 41.7 Å². The second-order valence-electron chi connectivity index (χ2n) is 4.98. The first kappa shape index (κ1) is 20.5. The molecule has 0 heterocycles. The summed E-state index contributed by atoms with van der Waals surface area (Å²) >= 11 is 5.49. The second kappa shape index (κ2) is 7.06. The Kier molecular flexibility index (Phi) is 5.57. The molecule has 0 aliphatic heterocycles. The van der Waals surface area contributed by atoms with E-state index in [1.54, 1.807) is 0 Å². The molecule has 0 amide bonds. The second-order valence-corrected chi connectivity index (χ2v) is 8.96. The Balaban J connectivity index is 2.43. The highest BCUT2D eigenvalue weighted by Gasteiger charge is 2.33. The van der Waals surface area contributed by atoms with E-state index in [4.69, 9.17) is 11.6 Å². The summed E-state index contributed by atoms with van der Waals surface area (Å²) < 4.78 is 90.9. The van der Waals surface area contributed by atoms with E-state index in [1.165, 1.54) is 12.1 Å². The number of sulfonamides is 2. The standard InChI is InChI=1S/C14H12ClF3N2O4S2/c1-19-25(21,22)10-3-2-4-11(8-10)26(23,24)20-9-5-6-13(15)12(7-9)14(16,17)18/h2-8,19-20H,1H3. The summed E-state index contributed by atoms with van der Waals surface area (Å²) in [5.41, 5.74) is -1.57. The number of hydrogen-bond donors (Lipinski definition) is 2. The van der Waals surface area contributed by atoms with Gasteiger partial charge in [0, 0.05) is 5.69 Å². The molecule has 0 saturated carbocycles. The summed E-state index contributed by atoms with van der Waals surface area (Å²) in [7, 11) is -7.07. The van der Waals surface area contributed by atoms with Crippen molar-refractivity contribution in [3.05, 3.63) is 53.1 Å². The number of nitrogens with one attached hydrogen (secondary N) is 2. The van der Waals surface area contributed by atoms with E-state index in [0.29, 0.717) is 6.07 Å². The minimum Gasteiger partial charge on any atom is -0.280 e. The van der Waals surface area contributed by atoms with Crippen LogP contribution < -0.4 is 9.44 Å². The predicted molar refractivity (Wildman–Crippen MR) is 90.0 cm³/mol. The molecule has 2 aromatic rings. The van der Waals surface area contributed by atoms with Crippen molar-refractivity contribution in [2.75, 3.05) is 11.8 Å². The molecule has 12 heteroatoms. The van der Waals surface area contributed by atoms with Crippen LogP contribution in [-0.2, 0) is 26.2 Å². The molecule has 0 unspecified atom stereocenters. The van der Waals surface area contributed by atoms with Crippen molar-refractivity contribution >= 4 is 37.3 Å². The lowest BCUT2D eigenvalue weighted by atomic mass is 10.2. The Labute approximate surface area is 153 Å². The molecule has 2 rings (SSSR count). The quantitative estimate of drug-likeness (QED) is 0.765. The first-order valence-corrected chi connectivity index (χ1v) is 10.1. The van der Waals surface area contributed by atoms with Crippen LogP contribution in [0.25, 0.3) is 0 Å². The fraction of sp³-hybridized carbons (Fsp3) is 0.143. The molecule has 6 nitrogen and oxygen atoms in total. The zero-order valence-electron chi connectivity index (χ0n) is 13.0. The molecule has 2 N–H and O–H groups in total. The number of anilines is 1. The van der Waals surface area contributed by atoms with Crippen LogP contribution in [0.3, 0.4) is 0 Å². The Morgan fingerprint density at radius 2 is 1.50 bits per heavy atom. The zero-order chi connectivity index (χ0) is 19.8. The molecule has 0 atom stereocenters. The molecule has 0 aliphatic rings. The number of rotatable bonds is 5. The van der Waals surface area contributed by atoms with Gasteiger partial charge < -0.3 is 0 Å². The normalized spacial score (nSPS) is 12.8. The van der Waals surface area contributed by atoms with Gasteiger partial charge >= 0.3 is 6.18 Å². The molecule has 0 aliphatic carbocycles. The monoisotopic (exact) mass is 428 g/mol.